The fraction of sp³-hybridized carbons (Fsp3) is 0.125. The molecule has 0 bridgehead atoms. The molecule has 1 aliphatic rings. The molecule has 1 aliphatic heterocycles. The Hall–Kier alpha value is -2.65. The predicted octanol–water partition coefficient (Wildman–Crippen LogP) is -0.874. The molecule has 0 aromatic carbocycles. The summed E-state index contributed by atoms with van der Waals surface area (Å²) in [5.41, 5.74) is -0.636. The van der Waals surface area contributed by atoms with Crippen molar-refractivity contribution in [3.63, 3.8) is 0 Å². The Morgan fingerprint density at radius 2 is 1.79 bits per heavy atom. The second-order valence-corrected chi connectivity index (χ2v) is 2.39. The van der Waals surface area contributed by atoms with Crippen molar-refractivity contribution in [3.05, 3.63) is 11.3 Å². The van der Waals surface area contributed by atoms with Gasteiger partial charge in [-0.2, -0.15) is 15.8 Å². The van der Waals surface area contributed by atoms with Gasteiger partial charge in [-0.3, -0.25) is 9.59 Å². The first-order valence-corrected chi connectivity index (χ1v) is 3.45. The summed E-state index contributed by atoms with van der Waals surface area (Å²) in [4.78, 5) is 21.8. The molecule has 1 unspecified atom stereocenters. The first-order chi connectivity index (χ1) is 6.65. The number of allylic oxidation sites excluding steroid dienone is 2. The van der Waals surface area contributed by atoms with E-state index in [0.29, 0.717) is 0 Å². The van der Waals surface area contributed by atoms with E-state index >= 15 is 0 Å². The van der Waals surface area contributed by atoms with E-state index in [4.69, 9.17) is 15.8 Å². The van der Waals surface area contributed by atoms with Crippen LogP contribution in [0.15, 0.2) is 11.3 Å². The van der Waals surface area contributed by atoms with E-state index in [1.807, 2.05) is 5.32 Å². The van der Waals surface area contributed by atoms with E-state index in [1.165, 1.54) is 12.1 Å². The zero-order valence-electron chi connectivity index (χ0n) is 6.74. The molecule has 66 valence electrons. The van der Waals surface area contributed by atoms with E-state index in [0.717, 1.165) is 0 Å². The summed E-state index contributed by atoms with van der Waals surface area (Å²) in [6.45, 7) is 0. The Labute approximate surface area is 78.6 Å². The zero-order chi connectivity index (χ0) is 10.7. The maximum absolute atomic E-state index is 11.0. The number of hydrogen-bond donors (Lipinski definition) is 1. The molecule has 0 aromatic rings. The summed E-state index contributed by atoms with van der Waals surface area (Å²) in [7, 11) is 0. The molecule has 0 aliphatic carbocycles. The van der Waals surface area contributed by atoms with Crippen molar-refractivity contribution >= 4 is 11.7 Å². The molecule has 0 spiro atoms. The van der Waals surface area contributed by atoms with E-state index in [1.54, 1.807) is 6.07 Å². The average Bonchev–Trinajstić information content (AvgIpc) is 2.45. The summed E-state index contributed by atoms with van der Waals surface area (Å²) in [5, 5.41) is 27.5. The summed E-state index contributed by atoms with van der Waals surface area (Å²) in [6.07, 6.45) is 0. The lowest BCUT2D eigenvalue weighted by atomic mass is 10.0. The summed E-state index contributed by atoms with van der Waals surface area (Å²) < 4.78 is 0. The number of Topliss-reactive ketones (excluding diaryl/α,β-unsaturated/α-hetero) is 1. The maximum atomic E-state index is 11.0. The third-order valence-electron chi connectivity index (χ3n) is 1.64. The number of nitriles is 3. The number of carbonyl (C=O) groups excluding carboxylic acids is 2. The number of amides is 1. The molecule has 6 nitrogen and oxygen atoms in total. The fourth-order valence-corrected chi connectivity index (χ4v) is 0.994. The molecule has 1 rings (SSSR count). The Balaban J connectivity index is 3.31. The van der Waals surface area contributed by atoms with Gasteiger partial charge in [0, 0.05) is 0 Å². The van der Waals surface area contributed by atoms with Crippen LogP contribution in [0.25, 0.3) is 0 Å². The normalized spacial score (nSPS) is 19.2. The molecular formula is C8H2N4O2. The van der Waals surface area contributed by atoms with Gasteiger partial charge in [-0.05, 0) is 0 Å². The van der Waals surface area contributed by atoms with Gasteiger partial charge in [-0.25, -0.2) is 0 Å². The van der Waals surface area contributed by atoms with Gasteiger partial charge in [0.25, 0.3) is 5.91 Å². The van der Waals surface area contributed by atoms with Crippen LogP contribution >= 0.6 is 0 Å². The van der Waals surface area contributed by atoms with Crippen molar-refractivity contribution in [2.45, 2.75) is 0 Å². The van der Waals surface area contributed by atoms with E-state index in [-0.39, 0.29) is 5.70 Å². The van der Waals surface area contributed by atoms with Crippen LogP contribution in [0.2, 0.25) is 0 Å². The van der Waals surface area contributed by atoms with Gasteiger partial charge < -0.3 is 5.32 Å². The van der Waals surface area contributed by atoms with Crippen LogP contribution in [0, 0.1) is 39.9 Å². The lowest BCUT2D eigenvalue weighted by molar-refractivity contribution is -0.135. The van der Waals surface area contributed by atoms with Gasteiger partial charge in [0.15, 0.2) is 11.5 Å². The zero-order valence-corrected chi connectivity index (χ0v) is 6.74. The van der Waals surface area contributed by atoms with Crippen LogP contribution in [0.1, 0.15) is 0 Å². The Morgan fingerprint density at radius 3 is 2.21 bits per heavy atom. The highest BCUT2D eigenvalue weighted by Crippen LogP contribution is 2.19. The van der Waals surface area contributed by atoms with Crippen molar-refractivity contribution in [2.75, 3.05) is 0 Å². The topological polar surface area (TPSA) is 118 Å². The average molecular weight is 186 g/mol. The van der Waals surface area contributed by atoms with E-state index in [9.17, 15) is 9.59 Å². The smallest absolute Gasteiger partial charge is 0.293 e. The number of nitrogens with zero attached hydrogens (tertiary/aromatic N) is 3. The quantitative estimate of drug-likeness (QED) is 0.389. The first-order valence-electron chi connectivity index (χ1n) is 3.45. The van der Waals surface area contributed by atoms with Gasteiger partial charge in [0.05, 0.1) is 11.8 Å². The number of carbonyl (C=O) groups is 2. The number of hydrogen-bond acceptors (Lipinski definition) is 5. The Kier molecular flexibility index (Phi) is 2.28. The highest BCUT2D eigenvalue weighted by atomic mass is 16.2. The van der Waals surface area contributed by atoms with E-state index in [2.05, 4.69) is 0 Å². The number of rotatable bonds is 0. The molecule has 1 atom stereocenters. The molecule has 1 fully saturated rings. The van der Waals surface area contributed by atoms with Crippen LogP contribution in [0.3, 0.4) is 0 Å². The van der Waals surface area contributed by atoms with Gasteiger partial charge in [-0.15, -0.1) is 0 Å². The second kappa shape index (κ2) is 3.38. The number of ketones is 1. The lowest BCUT2D eigenvalue weighted by Crippen LogP contribution is -2.18. The molecule has 6 heteroatoms. The molecule has 1 heterocycles. The van der Waals surface area contributed by atoms with Gasteiger partial charge in [0.1, 0.15) is 12.1 Å². The highest BCUT2D eigenvalue weighted by molar-refractivity contribution is 6.41. The molecular weight excluding hydrogens is 184 g/mol. The molecule has 1 saturated heterocycles. The van der Waals surface area contributed by atoms with Crippen LogP contribution in [0.4, 0.5) is 0 Å². The van der Waals surface area contributed by atoms with Crippen molar-refractivity contribution in [2.24, 2.45) is 5.92 Å². The molecule has 14 heavy (non-hydrogen) atoms. The third kappa shape index (κ3) is 1.20. The lowest BCUT2D eigenvalue weighted by Gasteiger charge is -1.97. The van der Waals surface area contributed by atoms with Gasteiger partial charge in [0.2, 0.25) is 5.78 Å². The monoisotopic (exact) mass is 186 g/mol. The molecule has 0 saturated carbocycles. The van der Waals surface area contributed by atoms with Gasteiger partial charge >= 0.3 is 0 Å². The SMILES string of the molecule is N#CC(C#N)=C1NC(=O)C(=O)C1C#N. The van der Waals surface area contributed by atoms with Crippen molar-refractivity contribution in [1.29, 1.82) is 15.8 Å². The first kappa shape index (κ1) is 9.44. The summed E-state index contributed by atoms with van der Waals surface area (Å²) in [5.74, 6) is -3.25. The van der Waals surface area contributed by atoms with Gasteiger partial charge in [-0.1, -0.05) is 0 Å². The minimum atomic E-state index is -1.35. The molecule has 0 aromatic heterocycles. The summed E-state index contributed by atoms with van der Waals surface area (Å²) in [6, 6.07) is 4.55. The minimum Gasteiger partial charge on any atom is -0.319 e. The number of nitrogens with one attached hydrogen (secondary N) is 1. The second-order valence-electron chi connectivity index (χ2n) is 2.39. The summed E-state index contributed by atoms with van der Waals surface area (Å²) >= 11 is 0. The van der Waals surface area contributed by atoms with Crippen molar-refractivity contribution < 1.29 is 9.59 Å². The molecule has 0 radical (unpaired) electrons. The highest BCUT2D eigenvalue weighted by Gasteiger charge is 2.39. The standard InChI is InChI=1S/C8H2N4O2/c9-1-4(2-10)6-5(3-11)7(13)8(14)12-6/h5H,(H,12,14). The molecule has 1 N–H and O–H groups in total. The van der Waals surface area contributed by atoms with E-state index < -0.39 is 23.2 Å². The predicted molar refractivity (Wildman–Crippen MR) is 40.5 cm³/mol. The van der Waals surface area contributed by atoms with Crippen molar-refractivity contribution in [1.82, 2.24) is 5.32 Å². The van der Waals surface area contributed by atoms with Crippen LogP contribution in [-0.4, -0.2) is 11.7 Å². The third-order valence-corrected chi connectivity index (χ3v) is 1.64. The Morgan fingerprint density at radius 1 is 1.21 bits per heavy atom. The minimum absolute atomic E-state index is 0.215. The van der Waals surface area contributed by atoms with Crippen molar-refractivity contribution in [3.8, 4) is 18.2 Å². The largest absolute Gasteiger partial charge is 0.319 e. The molecule has 1 amide bonds. The van der Waals surface area contributed by atoms with Crippen LogP contribution in [-0.2, 0) is 9.59 Å². The Bertz CT molecular complexity index is 453. The maximum Gasteiger partial charge on any atom is 0.293 e. The van der Waals surface area contributed by atoms with Crippen LogP contribution < -0.4 is 5.32 Å². The fourth-order valence-electron chi connectivity index (χ4n) is 0.994. The van der Waals surface area contributed by atoms with Crippen LogP contribution in [0.5, 0.6) is 0 Å².